The smallest absolute Gasteiger partial charge is 0.231 e. The van der Waals surface area contributed by atoms with Gasteiger partial charge in [-0.15, -0.1) is 0 Å². The fraction of sp³-hybridized carbons (Fsp3) is 0.438. The van der Waals surface area contributed by atoms with Crippen LogP contribution in [-0.2, 0) is 4.79 Å². The summed E-state index contributed by atoms with van der Waals surface area (Å²) in [6.07, 6.45) is 2.01. The Hall–Kier alpha value is -2.20. The summed E-state index contributed by atoms with van der Waals surface area (Å²) in [6.45, 7) is 1.79. The SMILES string of the molecule is COc1ccc2nc(SCC(=O)NC(C)(C#N)C3CC3)[nH]c2c1. The van der Waals surface area contributed by atoms with E-state index in [9.17, 15) is 10.1 Å². The lowest BCUT2D eigenvalue weighted by Crippen LogP contribution is -2.47. The second-order valence-corrected chi connectivity index (χ2v) is 6.81. The third-order valence-corrected chi connectivity index (χ3v) is 4.91. The number of methoxy groups -OCH3 is 1. The predicted molar refractivity (Wildman–Crippen MR) is 88.3 cm³/mol. The van der Waals surface area contributed by atoms with Crippen molar-refractivity contribution in [1.29, 1.82) is 5.26 Å². The first-order valence-corrected chi connectivity index (χ1v) is 8.41. The maximum Gasteiger partial charge on any atom is 0.231 e. The molecule has 23 heavy (non-hydrogen) atoms. The van der Waals surface area contributed by atoms with Crippen molar-refractivity contribution in [2.24, 2.45) is 5.92 Å². The number of nitriles is 1. The lowest BCUT2D eigenvalue weighted by Gasteiger charge is -2.22. The number of H-pyrrole nitrogens is 1. The summed E-state index contributed by atoms with van der Waals surface area (Å²) < 4.78 is 5.18. The minimum Gasteiger partial charge on any atom is -0.497 e. The summed E-state index contributed by atoms with van der Waals surface area (Å²) >= 11 is 1.32. The maximum atomic E-state index is 12.1. The van der Waals surface area contributed by atoms with Crippen LogP contribution in [0.3, 0.4) is 0 Å². The van der Waals surface area contributed by atoms with Crippen LogP contribution in [0.1, 0.15) is 19.8 Å². The third kappa shape index (κ3) is 3.42. The Morgan fingerprint density at radius 1 is 1.61 bits per heavy atom. The van der Waals surface area contributed by atoms with Crippen LogP contribution in [-0.4, -0.2) is 34.3 Å². The molecule has 1 amide bonds. The highest BCUT2D eigenvalue weighted by atomic mass is 32.2. The number of benzene rings is 1. The van der Waals surface area contributed by atoms with Crippen LogP contribution in [0, 0.1) is 17.2 Å². The van der Waals surface area contributed by atoms with E-state index in [1.807, 2.05) is 18.2 Å². The van der Waals surface area contributed by atoms with E-state index in [0.717, 1.165) is 29.6 Å². The second-order valence-electron chi connectivity index (χ2n) is 5.85. The molecule has 0 spiro atoms. The number of rotatable bonds is 6. The number of amides is 1. The Kier molecular flexibility index (Phi) is 4.18. The highest BCUT2D eigenvalue weighted by Crippen LogP contribution is 2.39. The summed E-state index contributed by atoms with van der Waals surface area (Å²) in [5.41, 5.74) is 0.944. The first-order chi connectivity index (χ1) is 11.0. The zero-order valence-electron chi connectivity index (χ0n) is 13.0. The number of ether oxygens (including phenoxy) is 1. The maximum absolute atomic E-state index is 12.1. The van der Waals surface area contributed by atoms with Gasteiger partial charge in [0.1, 0.15) is 11.3 Å². The molecule has 1 aromatic carbocycles. The van der Waals surface area contributed by atoms with Gasteiger partial charge in [0.2, 0.25) is 5.91 Å². The number of aromatic nitrogens is 2. The molecule has 1 aliphatic rings. The van der Waals surface area contributed by atoms with Gasteiger partial charge >= 0.3 is 0 Å². The normalized spacial score (nSPS) is 16.6. The van der Waals surface area contributed by atoms with Gasteiger partial charge in [-0.05, 0) is 37.8 Å². The van der Waals surface area contributed by atoms with Gasteiger partial charge < -0.3 is 15.0 Å². The number of hydrogen-bond donors (Lipinski definition) is 2. The average molecular weight is 330 g/mol. The van der Waals surface area contributed by atoms with E-state index in [-0.39, 0.29) is 17.6 Å². The molecule has 1 saturated carbocycles. The number of aromatic amines is 1. The summed E-state index contributed by atoms with van der Waals surface area (Å²) in [5.74, 6) is 1.11. The Balaban J connectivity index is 1.61. The Labute approximate surface area is 138 Å². The molecule has 1 aromatic heterocycles. The van der Waals surface area contributed by atoms with Gasteiger partial charge in [-0.2, -0.15) is 5.26 Å². The number of carbonyl (C=O) groups is 1. The van der Waals surface area contributed by atoms with E-state index in [1.165, 1.54) is 11.8 Å². The van der Waals surface area contributed by atoms with Crippen molar-refractivity contribution in [1.82, 2.24) is 15.3 Å². The summed E-state index contributed by atoms with van der Waals surface area (Å²) in [4.78, 5) is 19.7. The van der Waals surface area contributed by atoms with Gasteiger partial charge in [-0.1, -0.05) is 11.8 Å². The van der Waals surface area contributed by atoms with Gasteiger partial charge in [0.15, 0.2) is 5.16 Å². The number of nitrogens with one attached hydrogen (secondary N) is 2. The van der Waals surface area contributed by atoms with Crippen molar-refractivity contribution >= 4 is 28.7 Å². The van der Waals surface area contributed by atoms with Crippen LogP contribution in [0.5, 0.6) is 5.75 Å². The van der Waals surface area contributed by atoms with Crippen molar-refractivity contribution in [2.45, 2.75) is 30.5 Å². The molecule has 0 saturated heterocycles. The number of imidazole rings is 1. The minimum absolute atomic E-state index is 0.149. The zero-order valence-corrected chi connectivity index (χ0v) is 13.9. The van der Waals surface area contributed by atoms with E-state index in [4.69, 9.17) is 4.74 Å². The summed E-state index contributed by atoms with van der Waals surface area (Å²) in [6, 6.07) is 7.81. The molecule has 120 valence electrons. The summed E-state index contributed by atoms with van der Waals surface area (Å²) in [5, 5.41) is 12.8. The molecule has 1 heterocycles. The molecule has 3 rings (SSSR count). The first-order valence-electron chi connectivity index (χ1n) is 7.43. The minimum atomic E-state index is -0.751. The molecule has 0 aliphatic heterocycles. The number of hydrogen-bond acceptors (Lipinski definition) is 5. The van der Waals surface area contributed by atoms with Gasteiger partial charge in [-0.3, -0.25) is 4.79 Å². The third-order valence-electron chi connectivity index (χ3n) is 4.03. The number of carbonyl (C=O) groups excluding carboxylic acids is 1. The van der Waals surface area contributed by atoms with Gasteiger partial charge in [-0.25, -0.2) is 4.98 Å². The van der Waals surface area contributed by atoms with Crippen LogP contribution in [0.2, 0.25) is 0 Å². The van der Waals surface area contributed by atoms with Gasteiger partial charge in [0, 0.05) is 6.07 Å². The van der Waals surface area contributed by atoms with Crippen molar-refractivity contribution in [3.63, 3.8) is 0 Å². The molecule has 2 aromatic rings. The van der Waals surface area contributed by atoms with E-state index < -0.39 is 5.54 Å². The fourth-order valence-electron chi connectivity index (χ4n) is 2.50. The summed E-state index contributed by atoms with van der Waals surface area (Å²) in [7, 11) is 1.61. The largest absolute Gasteiger partial charge is 0.497 e. The molecular weight excluding hydrogens is 312 g/mol. The molecule has 0 radical (unpaired) electrons. The van der Waals surface area contributed by atoms with Crippen LogP contribution >= 0.6 is 11.8 Å². The fourth-order valence-corrected chi connectivity index (χ4v) is 3.19. The molecular formula is C16H18N4O2S. The molecule has 0 bridgehead atoms. The van der Waals surface area contributed by atoms with Crippen molar-refractivity contribution in [3.8, 4) is 11.8 Å². The number of thioether (sulfide) groups is 1. The molecule has 6 nitrogen and oxygen atoms in total. The molecule has 1 unspecified atom stereocenters. The lowest BCUT2D eigenvalue weighted by molar-refractivity contribution is -0.119. The van der Waals surface area contributed by atoms with Crippen LogP contribution in [0.25, 0.3) is 11.0 Å². The van der Waals surface area contributed by atoms with Crippen LogP contribution in [0.15, 0.2) is 23.4 Å². The van der Waals surface area contributed by atoms with Crippen LogP contribution in [0.4, 0.5) is 0 Å². The Morgan fingerprint density at radius 3 is 3.04 bits per heavy atom. The molecule has 1 fully saturated rings. The average Bonchev–Trinajstić information content (AvgIpc) is 3.33. The van der Waals surface area contributed by atoms with Crippen LogP contribution < -0.4 is 10.1 Å². The van der Waals surface area contributed by atoms with E-state index in [2.05, 4.69) is 21.4 Å². The first kappa shape index (κ1) is 15.7. The standard InChI is InChI=1S/C16H18N4O2S/c1-16(9-17,10-3-4-10)20-14(21)8-23-15-18-12-6-5-11(22-2)7-13(12)19-15/h5-7,10H,3-4,8H2,1-2H3,(H,18,19)(H,20,21). The predicted octanol–water partition coefficient (Wildman–Crippen LogP) is 2.47. The Morgan fingerprint density at radius 2 is 2.39 bits per heavy atom. The van der Waals surface area contributed by atoms with E-state index in [0.29, 0.717) is 5.16 Å². The molecule has 1 atom stereocenters. The van der Waals surface area contributed by atoms with Crippen molar-refractivity contribution in [3.05, 3.63) is 18.2 Å². The molecule has 7 heteroatoms. The Bertz CT molecular complexity index is 778. The van der Waals surface area contributed by atoms with Gasteiger partial charge in [0.05, 0.1) is 30.0 Å². The van der Waals surface area contributed by atoms with E-state index >= 15 is 0 Å². The quantitative estimate of drug-likeness (QED) is 0.794. The molecule has 2 N–H and O–H groups in total. The van der Waals surface area contributed by atoms with Crippen molar-refractivity contribution < 1.29 is 9.53 Å². The number of nitrogens with zero attached hydrogens (tertiary/aromatic N) is 2. The van der Waals surface area contributed by atoms with E-state index in [1.54, 1.807) is 14.0 Å². The van der Waals surface area contributed by atoms with Gasteiger partial charge in [0.25, 0.3) is 0 Å². The number of fused-ring (bicyclic) bond motifs is 1. The molecule has 1 aliphatic carbocycles. The highest BCUT2D eigenvalue weighted by molar-refractivity contribution is 7.99. The zero-order chi connectivity index (χ0) is 16.4. The lowest BCUT2D eigenvalue weighted by atomic mass is 9.98. The van der Waals surface area contributed by atoms with Crippen molar-refractivity contribution in [2.75, 3.05) is 12.9 Å². The highest BCUT2D eigenvalue weighted by Gasteiger charge is 2.42. The monoisotopic (exact) mass is 330 g/mol. The second kappa shape index (κ2) is 6.13. The topological polar surface area (TPSA) is 90.8 Å².